The largest absolute Gasteiger partial charge is 0.464 e. The van der Waals surface area contributed by atoms with Crippen molar-refractivity contribution in [2.75, 3.05) is 13.2 Å². The summed E-state index contributed by atoms with van der Waals surface area (Å²) < 4.78 is 4.57. The zero-order valence-electron chi connectivity index (χ0n) is 6.26. The summed E-state index contributed by atoms with van der Waals surface area (Å²) in [6.07, 6.45) is 0. The molecule has 1 unspecified atom stereocenters. The molecule has 0 aromatic rings. The van der Waals surface area contributed by atoms with E-state index in [0.717, 1.165) is 0 Å². The fourth-order valence-corrected chi connectivity index (χ4v) is 0.312. The minimum absolute atomic E-state index is 0.0544. The third kappa shape index (κ3) is 4.29. The van der Waals surface area contributed by atoms with Crippen LogP contribution in [0.1, 0.15) is 13.8 Å². The van der Waals surface area contributed by atoms with Gasteiger partial charge >= 0.3 is 5.97 Å². The summed E-state index contributed by atoms with van der Waals surface area (Å²) in [5, 5.41) is 8.59. The maximum Gasteiger partial charge on any atom is 0.302 e. The Balaban J connectivity index is 3.56. The second-order valence-electron chi connectivity index (χ2n) is 2.59. The molecule has 0 rings (SSSR count). The summed E-state index contributed by atoms with van der Waals surface area (Å²) in [6, 6.07) is 0. The van der Waals surface area contributed by atoms with E-state index < -0.39 is 5.54 Å². The van der Waals surface area contributed by atoms with Crippen LogP contribution in [-0.4, -0.2) is 29.8 Å². The molecule has 4 nitrogen and oxygen atoms in total. The summed E-state index contributed by atoms with van der Waals surface area (Å²) >= 11 is 0. The van der Waals surface area contributed by atoms with Crippen LogP contribution >= 0.6 is 0 Å². The molecular formula is C6H13NO3. The molecule has 4 heteroatoms. The van der Waals surface area contributed by atoms with Crippen molar-refractivity contribution in [2.45, 2.75) is 19.4 Å². The molecule has 10 heavy (non-hydrogen) atoms. The zero-order chi connectivity index (χ0) is 8.20. The van der Waals surface area contributed by atoms with Gasteiger partial charge in [0.2, 0.25) is 0 Å². The number of rotatable bonds is 3. The molecule has 0 radical (unpaired) electrons. The van der Waals surface area contributed by atoms with Crippen molar-refractivity contribution < 1.29 is 14.6 Å². The zero-order valence-corrected chi connectivity index (χ0v) is 6.26. The number of aliphatic hydroxyl groups excluding tert-OH is 1. The van der Waals surface area contributed by atoms with Crippen molar-refractivity contribution in [1.82, 2.24) is 0 Å². The highest BCUT2D eigenvalue weighted by Crippen LogP contribution is 1.97. The van der Waals surface area contributed by atoms with Gasteiger partial charge in [0.25, 0.3) is 0 Å². The lowest BCUT2D eigenvalue weighted by Crippen LogP contribution is -2.45. The van der Waals surface area contributed by atoms with Gasteiger partial charge in [-0.25, -0.2) is 0 Å². The van der Waals surface area contributed by atoms with Crippen LogP contribution in [0.5, 0.6) is 0 Å². The molecule has 0 aliphatic heterocycles. The van der Waals surface area contributed by atoms with Crippen LogP contribution in [0.3, 0.4) is 0 Å². The Labute approximate surface area is 60.0 Å². The number of hydrogen-bond acceptors (Lipinski definition) is 4. The van der Waals surface area contributed by atoms with Crippen LogP contribution in [0, 0.1) is 0 Å². The first-order valence-electron chi connectivity index (χ1n) is 3.01. The van der Waals surface area contributed by atoms with E-state index in [1.807, 2.05) is 0 Å². The Bertz CT molecular complexity index is 122. The van der Waals surface area contributed by atoms with E-state index in [2.05, 4.69) is 4.74 Å². The molecular weight excluding hydrogens is 134 g/mol. The predicted molar refractivity (Wildman–Crippen MR) is 36.3 cm³/mol. The van der Waals surface area contributed by atoms with Crippen molar-refractivity contribution in [3.63, 3.8) is 0 Å². The molecule has 0 fully saturated rings. The van der Waals surface area contributed by atoms with Crippen molar-refractivity contribution in [1.29, 1.82) is 0 Å². The highest BCUT2D eigenvalue weighted by Gasteiger charge is 2.18. The van der Waals surface area contributed by atoms with Gasteiger partial charge in [-0.3, -0.25) is 4.79 Å². The minimum Gasteiger partial charge on any atom is -0.464 e. The fourth-order valence-electron chi connectivity index (χ4n) is 0.312. The topological polar surface area (TPSA) is 72.5 Å². The number of nitrogens with two attached hydrogens (primary N) is 1. The quantitative estimate of drug-likeness (QED) is 0.516. The number of hydrogen-bond donors (Lipinski definition) is 2. The Morgan fingerprint density at radius 1 is 1.80 bits per heavy atom. The molecule has 0 aliphatic rings. The lowest BCUT2D eigenvalue weighted by Gasteiger charge is -2.20. The van der Waals surface area contributed by atoms with Crippen LogP contribution in [-0.2, 0) is 9.53 Å². The summed E-state index contributed by atoms with van der Waals surface area (Å²) in [5.41, 5.74) is 4.62. The molecule has 0 aliphatic carbocycles. The first-order chi connectivity index (χ1) is 4.48. The Kier molecular flexibility index (Phi) is 3.32. The number of carbonyl (C=O) groups is 1. The summed E-state index contributed by atoms with van der Waals surface area (Å²) in [4.78, 5) is 10.2. The average Bonchev–Trinajstić information content (AvgIpc) is 1.85. The van der Waals surface area contributed by atoms with Gasteiger partial charge < -0.3 is 15.6 Å². The summed E-state index contributed by atoms with van der Waals surface area (Å²) in [6.45, 7) is 2.77. The molecule has 0 saturated heterocycles. The molecule has 1 atom stereocenters. The van der Waals surface area contributed by atoms with Gasteiger partial charge in [-0.2, -0.15) is 0 Å². The standard InChI is InChI=1S/C6H13NO3/c1-5(9)10-4-6(2,7)3-8/h8H,3-4,7H2,1-2H3. The lowest BCUT2D eigenvalue weighted by atomic mass is 10.1. The van der Waals surface area contributed by atoms with Crippen molar-refractivity contribution >= 4 is 5.97 Å². The van der Waals surface area contributed by atoms with Crippen LogP contribution < -0.4 is 5.73 Å². The minimum atomic E-state index is -0.814. The predicted octanol–water partition coefficient (Wildman–Crippen LogP) is -0.741. The molecule has 0 aromatic heterocycles. The molecule has 3 N–H and O–H groups in total. The second kappa shape index (κ2) is 3.53. The first-order valence-corrected chi connectivity index (χ1v) is 3.01. The smallest absolute Gasteiger partial charge is 0.302 e. The lowest BCUT2D eigenvalue weighted by molar-refractivity contribution is -0.143. The van der Waals surface area contributed by atoms with E-state index >= 15 is 0 Å². The Morgan fingerprint density at radius 2 is 2.30 bits per heavy atom. The van der Waals surface area contributed by atoms with Crippen molar-refractivity contribution in [2.24, 2.45) is 5.73 Å². The third-order valence-electron chi connectivity index (χ3n) is 0.966. The summed E-state index contributed by atoms with van der Waals surface area (Å²) in [7, 11) is 0. The van der Waals surface area contributed by atoms with Crippen molar-refractivity contribution in [3.8, 4) is 0 Å². The van der Waals surface area contributed by atoms with E-state index in [1.54, 1.807) is 6.92 Å². The normalized spacial score (nSPS) is 16.0. The number of esters is 1. The molecule has 0 spiro atoms. The van der Waals surface area contributed by atoms with E-state index in [9.17, 15) is 4.79 Å². The van der Waals surface area contributed by atoms with Gasteiger partial charge in [0.05, 0.1) is 12.1 Å². The van der Waals surface area contributed by atoms with Gasteiger partial charge in [-0.05, 0) is 6.92 Å². The summed E-state index contributed by atoms with van der Waals surface area (Å²) in [5.74, 6) is -0.384. The van der Waals surface area contributed by atoms with Gasteiger partial charge in [-0.15, -0.1) is 0 Å². The fraction of sp³-hybridized carbons (Fsp3) is 0.833. The Hall–Kier alpha value is -0.610. The Morgan fingerprint density at radius 3 is 2.60 bits per heavy atom. The highest BCUT2D eigenvalue weighted by molar-refractivity contribution is 5.65. The molecule has 60 valence electrons. The van der Waals surface area contributed by atoms with E-state index in [1.165, 1.54) is 6.92 Å². The van der Waals surface area contributed by atoms with E-state index in [4.69, 9.17) is 10.8 Å². The maximum absolute atomic E-state index is 10.2. The molecule has 0 aromatic carbocycles. The van der Waals surface area contributed by atoms with Gasteiger partial charge in [-0.1, -0.05) is 0 Å². The SMILES string of the molecule is CC(=O)OCC(C)(N)CO. The highest BCUT2D eigenvalue weighted by atomic mass is 16.5. The molecule has 0 bridgehead atoms. The maximum atomic E-state index is 10.2. The average molecular weight is 147 g/mol. The molecule has 0 amide bonds. The van der Waals surface area contributed by atoms with Crippen LogP contribution in [0.2, 0.25) is 0 Å². The number of aliphatic hydroxyl groups is 1. The first kappa shape index (κ1) is 9.39. The number of ether oxygens (including phenoxy) is 1. The van der Waals surface area contributed by atoms with E-state index in [-0.39, 0.29) is 19.2 Å². The van der Waals surface area contributed by atoms with Gasteiger partial charge in [0.1, 0.15) is 6.61 Å². The third-order valence-corrected chi connectivity index (χ3v) is 0.966. The molecule has 0 saturated carbocycles. The van der Waals surface area contributed by atoms with Crippen LogP contribution in [0.25, 0.3) is 0 Å². The van der Waals surface area contributed by atoms with Gasteiger partial charge in [0.15, 0.2) is 0 Å². The van der Waals surface area contributed by atoms with Crippen LogP contribution in [0.15, 0.2) is 0 Å². The van der Waals surface area contributed by atoms with Crippen molar-refractivity contribution in [3.05, 3.63) is 0 Å². The molecule has 0 heterocycles. The number of carbonyl (C=O) groups excluding carboxylic acids is 1. The van der Waals surface area contributed by atoms with Gasteiger partial charge in [0, 0.05) is 6.92 Å². The second-order valence-corrected chi connectivity index (χ2v) is 2.59. The van der Waals surface area contributed by atoms with E-state index in [0.29, 0.717) is 0 Å². The monoisotopic (exact) mass is 147 g/mol. The van der Waals surface area contributed by atoms with Crippen LogP contribution in [0.4, 0.5) is 0 Å².